The lowest BCUT2D eigenvalue weighted by Crippen LogP contribution is -2.25. The smallest absolute Gasteiger partial charge is 0.244 e. The highest BCUT2D eigenvalue weighted by Crippen LogP contribution is 1.94. The van der Waals surface area contributed by atoms with E-state index in [2.05, 4.69) is 5.48 Å². The molecule has 0 unspecified atom stereocenters. The Kier molecular flexibility index (Phi) is 8.64. The molecule has 4 nitrogen and oxygen atoms in total. The SMILES string of the molecule is COCCONC(=O)CCSC. The number of thioether (sulfide) groups is 1. The Morgan fingerprint density at radius 2 is 2.25 bits per heavy atom. The number of hydroxylamine groups is 1. The number of ether oxygens (including phenoxy) is 1. The molecule has 0 atom stereocenters. The van der Waals surface area contributed by atoms with Crippen LogP contribution in [0.1, 0.15) is 6.42 Å². The maximum absolute atomic E-state index is 10.9. The summed E-state index contributed by atoms with van der Waals surface area (Å²) in [7, 11) is 1.58. The van der Waals surface area contributed by atoms with Gasteiger partial charge in [0, 0.05) is 19.3 Å². The highest BCUT2D eigenvalue weighted by molar-refractivity contribution is 7.98. The minimum Gasteiger partial charge on any atom is -0.382 e. The van der Waals surface area contributed by atoms with Gasteiger partial charge >= 0.3 is 0 Å². The topological polar surface area (TPSA) is 47.6 Å². The van der Waals surface area contributed by atoms with E-state index in [1.165, 1.54) is 0 Å². The molecule has 0 fully saturated rings. The van der Waals surface area contributed by atoms with Gasteiger partial charge in [0.05, 0.1) is 13.2 Å². The van der Waals surface area contributed by atoms with Gasteiger partial charge in [-0.2, -0.15) is 11.8 Å². The molecule has 0 aromatic rings. The minimum absolute atomic E-state index is 0.0829. The number of nitrogens with one attached hydrogen (secondary N) is 1. The van der Waals surface area contributed by atoms with E-state index in [-0.39, 0.29) is 5.91 Å². The summed E-state index contributed by atoms with van der Waals surface area (Å²) in [5, 5.41) is 0. The zero-order chi connectivity index (χ0) is 9.23. The highest BCUT2D eigenvalue weighted by Gasteiger charge is 1.98. The van der Waals surface area contributed by atoms with Crippen LogP contribution in [0.15, 0.2) is 0 Å². The van der Waals surface area contributed by atoms with Gasteiger partial charge in [-0.25, -0.2) is 5.48 Å². The second kappa shape index (κ2) is 8.83. The average molecular weight is 193 g/mol. The minimum atomic E-state index is -0.0829. The first-order chi connectivity index (χ1) is 5.81. The highest BCUT2D eigenvalue weighted by atomic mass is 32.2. The largest absolute Gasteiger partial charge is 0.382 e. The molecule has 1 amide bonds. The molecular formula is C7H15NO3S. The lowest BCUT2D eigenvalue weighted by molar-refractivity contribution is -0.134. The van der Waals surface area contributed by atoms with Crippen LogP contribution in [0.4, 0.5) is 0 Å². The van der Waals surface area contributed by atoms with Gasteiger partial charge in [-0.05, 0) is 6.26 Å². The van der Waals surface area contributed by atoms with Crippen LogP contribution in [0.3, 0.4) is 0 Å². The van der Waals surface area contributed by atoms with Gasteiger partial charge in [-0.15, -0.1) is 0 Å². The number of hydrogen-bond acceptors (Lipinski definition) is 4. The van der Waals surface area contributed by atoms with E-state index in [0.29, 0.717) is 19.6 Å². The van der Waals surface area contributed by atoms with Crippen molar-refractivity contribution in [2.75, 3.05) is 32.3 Å². The lowest BCUT2D eigenvalue weighted by atomic mass is 10.5. The maximum atomic E-state index is 10.9. The zero-order valence-electron chi connectivity index (χ0n) is 7.46. The molecule has 0 saturated carbocycles. The third-order valence-electron chi connectivity index (χ3n) is 1.11. The van der Waals surface area contributed by atoms with Gasteiger partial charge in [-0.1, -0.05) is 0 Å². The number of rotatable bonds is 7. The molecule has 0 aromatic carbocycles. The Morgan fingerprint density at radius 1 is 1.50 bits per heavy atom. The van der Waals surface area contributed by atoms with E-state index >= 15 is 0 Å². The third-order valence-corrected chi connectivity index (χ3v) is 1.72. The van der Waals surface area contributed by atoms with Crippen molar-refractivity contribution in [3.63, 3.8) is 0 Å². The van der Waals surface area contributed by atoms with E-state index in [0.717, 1.165) is 5.75 Å². The standard InChI is InChI=1S/C7H15NO3S/c1-10-4-5-11-8-7(9)3-6-12-2/h3-6H2,1-2H3,(H,8,9). The summed E-state index contributed by atoms with van der Waals surface area (Å²) >= 11 is 1.63. The molecule has 0 bridgehead atoms. The van der Waals surface area contributed by atoms with Crippen LogP contribution >= 0.6 is 11.8 Å². The third kappa shape index (κ3) is 7.84. The molecule has 5 heteroatoms. The summed E-state index contributed by atoms with van der Waals surface area (Å²) < 4.78 is 4.72. The van der Waals surface area contributed by atoms with Crippen molar-refractivity contribution >= 4 is 17.7 Å². The van der Waals surface area contributed by atoms with Gasteiger partial charge < -0.3 is 4.74 Å². The molecule has 12 heavy (non-hydrogen) atoms. The van der Waals surface area contributed by atoms with E-state index < -0.39 is 0 Å². The fraction of sp³-hybridized carbons (Fsp3) is 0.857. The van der Waals surface area contributed by atoms with Crippen LogP contribution in [-0.2, 0) is 14.4 Å². The quantitative estimate of drug-likeness (QED) is 0.470. The van der Waals surface area contributed by atoms with Crippen LogP contribution < -0.4 is 5.48 Å². The number of carbonyl (C=O) groups is 1. The first-order valence-corrected chi connectivity index (χ1v) is 5.09. The second-order valence-electron chi connectivity index (χ2n) is 2.11. The molecule has 1 N–H and O–H groups in total. The molecular weight excluding hydrogens is 178 g/mol. The molecule has 0 rings (SSSR count). The fourth-order valence-electron chi connectivity index (χ4n) is 0.502. The average Bonchev–Trinajstić information content (AvgIpc) is 2.09. The predicted molar refractivity (Wildman–Crippen MR) is 49.0 cm³/mol. The summed E-state index contributed by atoms with van der Waals surface area (Å²) in [6.07, 6.45) is 2.45. The van der Waals surface area contributed by atoms with Crippen molar-refractivity contribution in [1.82, 2.24) is 5.48 Å². The summed E-state index contributed by atoms with van der Waals surface area (Å²) in [4.78, 5) is 15.7. The zero-order valence-corrected chi connectivity index (χ0v) is 8.28. The Labute approximate surface area is 76.9 Å². The van der Waals surface area contributed by atoms with Crippen LogP contribution in [-0.4, -0.2) is 38.2 Å². The van der Waals surface area contributed by atoms with E-state index in [9.17, 15) is 4.79 Å². The second-order valence-corrected chi connectivity index (χ2v) is 3.09. The molecule has 0 aliphatic rings. The Morgan fingerprint density at radius 3 is 2.83 bits per heavy atom. The fourth-order valence-corrected chi connectivity index (χ4v) is 0.892. The number of amides is 1. The summed E-state index contributed by atoms with van der Waals surface area (Å²) in [5.41, 5.74) is 2.32. The molecule has 72 valence electrons. The van der Waals surface area contributed by atoms with E-state index in [1.807, 2.05) is 6.26 Å². The van der Waals surface area contributed by atoms with Gasteiger partial charge in [0.25, 0.3) is 0 Å². The van der Waals surface area contributed by atoms with Crippen molar-refractivity contribution in [1.29, 1.82) is 0 Å². The van der Waals surface area contributed by atoms with Gasteiger partial charge in [0.15, 0.2) is 0 Å². The van der Waals surface area contributed by atoms with Crippen molar-refractivity contribution in [3.8, 4) is 0 Å². The van der Waals surface area contributed by atoms with Crippen LogP contribution in [0.25, 0.3) is 0 Å². The van der Waals surface area contributed by atoms with Crippen LogP contribution in [0, 0.1) is 0 Å². The number of carbonyl (C=O) groups excluding carboxylic acids is 1. The molecule has 0 heterocycles. The Bertz CT molecular complexity index is 121. The van der Waals surface area contributed by atoms with E-state index in [1.54, 1.807) is 18.9 Å². The molecule has 0 aromatic heterocycles. The lowest BCUT2D eigenvalue weighted by Gasteiger charge is -2.03. The molecule has 0 aliphatic carbocycles. The number of hydrogen-bond donors (Lipinski definition) is 1. The molecule has 0 spiro atoms. The van der Waals surface area contributed by atoms with Crippen molar-refractivity contribution in [2.45, 2.75) is 6.42 Å². The Hall–Kier alpha value is -0.260. The monoisotopic (exact) mass is 193 g/mol. The summed E-state index contributed by atoms with van der Waals surface area (Å²) in [6.45, 7) is 0.879. The van der Waals surface area contributed by atoms with Gasteiger partial charge in [0.2, 0.25) is 5.91 Å². The first-order valence-electron chi connectivity index (χ1n) is 3.69. The normalized spacial score (nSPS) is 9.83. The van der Waals surface area contributed by atoms with Gasteiger partial charge in [-0.3, -0.25) is 9.63 Å². The molecule has 0 aliphatic heterocycles. The van der Waals surface area contributed by atoms with Gasteiger partial charge in [0.1, 0.15) is 0 Å². The summed E-state index contributed by atoms with van der Waals surface area (Å²) in [5.74, 6) is 0.736. The number of methoxy groups -OCH3 is 1. The van der Waals surface area contributed by atoms with Crippen LogP contribution in [0.5, 0.6) is 0 Å². The maximum Gasteiger partial charge on any atom is 0.244 e. The Balaban J connectivity index is 3.08. The summed E-state index contributed by atoms with van der Waals surface area (Å²) in [6, 6.07) is 0. The van der Waals surface area contributed by atoms with Crippen molar-refractivity contribution in [2.24, 2.45) is 0 Å². The molecule has 0 radical (unpaired) electrons. The first kappa shape index (κ1) is 11.7. The van der Waals surface area contributed by atoms with Crippen LogP contribution in [0.2, 0.25) is 0 Å². The van der Waals surface area contributed by atoms with Crippen molar-refractivity contribution < 1.29 is 14.4 Å². The predicted octanol–water partition coefficient (Wildman–Crippen LogP) is 0.434. The van der Waals surface area contributed by atoms with Crippen molar-refractivity contribution in [3.05, 3.63) is 0 Å². The van der Waals surface area contributed by atoms with E-state index in [4.69, 9.17) is 9.57 Å². The molecule has 0 saturated heterocycles.